The summed E-state index contributed by atoms with van der Waals surface area (Å²) in [5.74, 6) is 1.64. The lowest BCUT2D eigenvalue weighted by molar-refractivity contribution is 0.0128. The number of ether oxygens (including phenoxy) is 3. The van der Waals surface area contributed by atoms with Crippen molar-refractivity contribution < 1.29 is 19.0 Å². The number of carbonyl (C=O) groups excluding carboxylic acids is 1. The van der Waals surface area contributed by atoms with Crippen LogP contribution in [0.3, 0.4) is 0 Å². The molecule has 12 heteroatoms. The molecular formula is C28H35ClN6O4S. The monoisotopic (exact) mass is 586 g/mol. The molecule has 4 rings (SSSR count). The molecule has 0 saturated carbocycles. The first-order valence-corrected chi connectivity index (χ1v) is 14.1. The second-order valence-corrected chi connectivity index (χ2v) is 11.2. The van der Waals surface area contributed by atoms with Gasteiger partial charge in [-0.2, -0.15) is 10.4 Å². The minimum absolute atomic E-state index is 0.118. The van der Waals surface area contributed by atoms with Crippen LogP contribution in [0.15, 0.2) is 53.9 Å². The highest BCUT2D eigenvalue weighted by Crippen LogP contribution is 2.39. The molecule has 1 fully saturated rings. The molecule has 1 unspecified atom stereocenters. The van der Waals surface area contributed by atoms with Gasteiger partial charge in [-0.15, -0.1) is 0 Å². The smallest absolute Gasteiger partial charge is 0.410 e. The van der Waals surface area contributed by atoms with Crippen LogP contribution in [-0.2, 0) is 11.3 Å². The van der Waals surface area contributed by atoms with Crippen molar-refractivity contribution in [3.05, 3.63) is 59.6 Å². The first-order valence-electron chi connectivity index (χ1n) is 12.9. The fraction of sp³-hybridized carbons (Fsp3) is 0.429. The summed E-state index contributed by atoms with van der Waals surface area (Å²) in [4.78, 5) is 19.3. The summed E-state index contributed by atoms with van der Waals surface area (Å²) >= 11 is 7.70. The number of hydrogen-bond donors (Lipinski definition) is 0. The molecule has 1 aromatic heterocycles. The number of methoxy groups -OCH3 is 1. The van der Waals surface area contributed by atoms with Crippen molar-refractivity contribution in [2.75, 3.05) is 26.7 Å². The van der Waals surface area contributed by atoms with Gasteiger partial charge < -0.3 is 19.1 Å². The number of nitrogens with zero attached hydrogens (tertiary/aromatic N) is 6. The highest BCUT2D eigenvalue weighted by Gasteiger charge is 2.33. The van der Waals surface area contributed by atoms with Crippen LogP contribution in [0.25, 0.3) is 0 Å². The lowest BCUT2D eigenvalue weighted by Crippen LogP contribution is -2.54. The molecule has 0 bridgehead atoms. The summed E-state index contributed by atoms with van der Waals surface area (Å²) in [6.07, 6.45) is 2.77. The number of halogens is 1. The fourth-order valence-electron chi connectivity index (χ4n) is 3.84. The second-order valence-electron chi connectivity index (χ2n) is 9.63. The SMILES string of the molecule is CC.COc1cc(Cl)cc(Oc2ccc(C#N)cc2SN2CCN(C(=O)OC(C)(C)C)CC2Cn2cncn2)c1. The fourth-order valence-corrected chi connectivity index (χ4v) is 5.15. The standard InChI is InChI=1S/C26H29ClN6O4S.C2H6/c1-26(2,3)37-25(34)31-7-8-33(20(14-31)15-32-17-29-16-30-32)38-24-9-18(13-28)5-6-23(24)36-22-11-19(27)10-21(12-22)35-4;1-2/h5-6,9-12,16-17,20H,7-8,14-15H2,1-4H3;1-2H3. The van der Waals surface area contributed by atoms with Gasteiger partial charge in [-0.05, 0) is 63.1 Å². The summed E-state index contributed by atoms with van der Waals surface area (Å²) in [5, 5.41) is 14.3. The van der Waals surface area contributed by atoms with Crippen molar-refractivity contribution in [3.8, 4) is 23.3 Å². The number of nitriles is 1. The predicted octanol–water partition coefficient (Wildman–Crippen LogP) is 6.26. The first kappa shape index (κ1) is 31.1. The van der Waals surface area contributed by atoms with Gasteiger partial charge in [0.1, 0.15) is 35.5 Å². The Morgan fingerprint density at radius 1 is 1.18 bits per heavy atom. The van der Waals surface area contributed by atoms with E-state index in [0.717, 1.165) is 4.90 Å². The molecule has 1 aliphatic rings. The zero-order chi connectivity index (χ0) is 29.3. The average Bonchev–Trinajstić information content (AvgIpc) is 3.43. The maximum Gasteiger partial charge on any atom is 0.410 e. The molecule has 0 radical (unpaired) electrons. The summed E-state index contributed by atoms with van der Waals surface area (Å²) in [6.45, 7) is 11.5. The Morgan fingerprint density at radius 3 is 2.58 bits per heavy atom. The van der Waals surface area contributed by atoms with Crippen molar-refractivity contribution in [1.82, 2.24) is 24.0 Å². The number of benzene rings is 2. The molecule has 1 aliphatic heterocycles. The average molecular weight is 587 g/mol. The normalized spacial score (nSPS) is 15.4. The van der Waals surface area contributed by atoms with E-state index >= 15 is 0 Å². The third-order valence-corrected chi connectivity index (χ3v) is 6.99. The molecule has 2 heterocycles. The van der Waals surface area contributed by atoms with Crippen LogP contribution >= 0.6 is 23.5 Å². The van der Waals surface area contributed by atoms with Crippen molar-refractivity contribution >= 4 is 29.6 Å². The molecule has 214 valence electrons. The van der Waals surface area contributed by atoms with Gasteiger partial charge in [-0.1, -0.05) is 25.4 Å². The van der Waals surface area contributed by atoms with Crippen molar-refractivity contribution in [1.29, 1.82) is 5.26 Å². The molecular weight excluding hydrogens is 552 g/mol. The summed E-state index contributed by atoms with van der Waals surface area (Å²) in [6, 6.07) is 12.5. The number of carbonyl (C=O) groups is 1. The lowest BCUT2D eigenvalue weighted by atomic mass is 10.2. The van der Waals surface area contributed by atoms with Crippen LogP contribution in [0.4, 0.5) is 4.79 Å². The topological polar surface area (TPSA) is 106 Å². The van der Waals surface area contributed by atoms with E-state index < -0.39 is 5.60 Å². The minimum atomic E-state index is -0.586. The molecule has 2 aromatic carbocycles. The highest BCUT2D eigenvalue weighted by atomic mass is 35.5. The first-order chi connectivity index (χ1) is 19.1. The second kappa shape index (κ2) is 14.3. The van der Waals surface area contributed by atoms with E-state index in [2.05, 4.69) is 20.5 Å². The molecule has 0 N–H and O–H groups in total. The maximum absolute atomic E-state index is 12.8. The van der Waals surface area contributed by atoms with E-state index in [0.29, 0.717) is 54.0 Å². The number of hydrogen-bond acceptors (Lipinski definition) is 9. The Labute approximate surface area is 244 Å². The largest absolute Gasteiger partial charge is 0.497 e. The Bertz CT molecular complexity index is 1310. The van der Waals surface area contributed by atoms with Crippen molar-refractivity contribution in [2.24, 2.45) is 0 Å². The quantitative estimate of drug-likeness (QED) is 0.296. The molecule has 10 nitrogen and oxygen atoms in total. The van der Waals surface area contributed by atoms with E-state index in [-0.39, 0.29) is 12.1 Å². The van der Waals surface area contributed by atoms with Gasteiger partial charge in [0.15, 0.2) is 0 Å². The van der Waals surface area contributed by atoms with Gasteiger partial charge in [-0.25, -0.2) is 14.1 Å². The molecule has 1 atom stereocenters. The Morgan fingerprint density at radius 2 is 1.93 bits per heavy atom. The number of rotatable bonds is 7. The zero-order valence-corrected chi connectivity index (χ0v) is 25.2. The molecule has 1 amide bonds. The number of amides is 1. The van der Waals surface area contributed by atoms with Gasteiger partial charge in [0.25, 0.3) is 0 Å². The summed E-state index contributed by atoms with van der Waals surface area (Å²) in [5.41, 5.74) is -0.0825. The van der Waals surface area contributed by atoms with Crippen LogP contribution < -0.4 is 9.47 Å². The predicted molar refractivity (Wildman–Crippen MR) is 155 cm³/mol. The van der Waals surface area contributed by atoms with Crippen LogP contribution in [0.1, 0.15) is 40.2 Å². The molecule has 0 spiro atoms. The lowest BCUT2D eigenvalue weighted by Gasteiger charge is -2.40. The Balaban J connectivity index is 0.00000216. The van der Waals surface area contributed by atoms with E-state index in [4.69, 9.17) is 25.8 Å². The van der Waals surface area contributed by atoms with Crippen LogP contribution in [-0.4, -0.2) is 68.4 Å². The van der Waals surface area contributed by atoms with Gasteiger partial charge in [0.2, 0.25) is 0 Å². The number of aromatic nitrogens is 3. The molecule has 0 aliphatic carbocycles. The van der Waals surface area contributed by atoms with Crippen molar-refractivity contribution in [2.45, 2.75) is 57.7 Å². The Kier molecular flexibility index (Phi) is 11.1. The Hall–Kier alpha value is -3.46. The third-order valence-electron chi connectivity index (χ3n) is 5.54. The molecule has 40 heavy (non-hydrogen) atoms. The number of piperazine rings is 1. The summed E-state index contributed by atoms with van der Waals surface area (Å²) < 4.78 is 21.0. The van der Waals surface area contributed by atoms with Gasteiger partial charge >= 0.3 is 6.09 Å². The zero-order valence-electron chi connectivity index (χ0n) is 23.6. The van der Waals surface area contributed by atoms with Crippen LogP contribution in [0, 0.1) is 11.3 Å². The van der Waals surface area contributed by atoms with Crippen LogP contribution in [0.2, 0.25) is 5.02 Å². The third kappa shape index (κ3) is 8.78. The van der Waals surface area contributed by atoms with E-state index in [1.165, 1.54) is 18.3 Å². The van der Waals surface area contributed by atoms with E-state index in [1.54, 1.807) is 59.4 Å². The van der Waals surface area contributed by atoms with Gasteiger partial charge in [-0.3, -0.25) is 4.68 Å². The minimum Gasteiger partial charge on any atom is -0.497 e. The van der Waals surface area contributed by atoms with E-state index in [9.17, 15) is 10.1 Å². The molecule has 1 saturated heterocycles. The van der Waals surface area contributed by atoms with E-state index in [1.807, 2.05) is 34.6 Å². The summed E-state index contributed by atoms with van der Waals surface area (Å²) in [7, 11) is 1.56. The van der Waals surface area contributed by atoms with Gasteiger partial charge in [0.05, 0.1) is 36.2 Å². The van der Waals surface area contributed by atoms with Crippen LogP contribution in [0.5, 0.6) is 17.2 Å². The highest BCUT2D eigenvalue weighted by molar-refractivity contribution is 7.97. The van der Waals surface area contributed by atoms with Crippen molar-refractivity contribution in [3.63, 3.8) is 0 Å². The molecule has 3 aromatic rings. The maximum atomic E-state index is 12.8. The van der Waals surface area contributed by atoms with Gasteiger partial charge in [0, 0.05) is 30.7 Å².